The number of benzene rings is 2. The van der Waals surface area contributed by atoms with E-state index in [-0.39, 0.29) is 17.4 Å². The van der Waals surface area contributed by atoms with Crippen molar-refractivity contribution in [1.82, 2.24) is 15.5 Å². The summed E-state index contributed by atoms with van der Waals surface area (Å²) in [6.45, 7) is 1.10. The van der Waals surface area contributed by atoms with E-state index < -0.39 is 0 Å². The number of methoxy groups -OCH3 is 1. The molecule has 2 N–H and O–H groups in total. The number of carbonyl (C=O) groups excluding carboxylic acids is 1. The highest BCUT2D eigenvalue weighted by atomic mass is 19.1. The van der Waals surface area contributed by atoms with Crippen LogP contribution in [-0.4, -0.2) is 36.3 Å². The summed E-state index contributed by atoms with van der Waals surface area (Å²) < 4.78 is 18.2. The fraction of sp³-hybridized carbons (Fsp3) is 0.227. The third-order valence-electron chi connectivity index (χ3n) is 4.40. The largest absolute Gasteiger partial charge is 0.496 e. The molecule has 150 valence electrons. The van der Waals surface area contributed by atoms with Crippen LogP contribution in [0.5, 0.6) is 5.75 Å². The van der Waals surface area contributed by atoms with Crippen molar-refractivity contribution in [3.05, 3.63) is 83.3 Å². The van der Waals surface area contributed by atoms with Crippen LogP contribution in [0.4, 0.5) is 10.2 Å². The number of hydrogen-bond acceptors (Lipinski definition) is 5. The zero-order chi connectivity index (χ0) is 20.5. The van der Waals surface area contributed by atoms with Crippen molar-refractivity contribution in [2.75, 3.05) is 25.5 Å². The lowest BCUT2D eigenvalue weighted by atomic mass is 10.1. The summed E-state index contributed by atoms with van der Waals surface area (Å²) in [5.74, 6) is 0.866. The average molecular weight is 394 g/mol. The highest BCUT2D eigenvalue weighted by Crippen LogP contribution is 2.17. The molecule has 0 radical (unpaired) electrons. The maximum absolute atomic E-state index is 12.9. The van der Waals surface area contributed by atoms with Crippen LogP contribution in [0.3, 0.4) is 0 Å². The highest BCUT2D eigenvalue weighted by Gasteiger charge is 2.09. The molecule has 0 fully saturated rings. The first-order valence-corrected chi connectivity index (χ1v) is 9.38. The summed E-state index contributed by atoms with van der Waals surface area (Å²) in [5, 5.41) is 14.0. The molecule has 0 atom stereocenters. The third-order valence-corrected chi connectivity index (χ3v) is 4.40. The second-order valence-corrected chi connectivity index (χ2v) is 6.42. The summed E-state index contributed by atoms with van der Waals surface area (Å²) in [5.41, 5.74) is 2.31. The Kier molecular flexibility index (Phi) is 7.10. The molecular formula is C22H23FN4O2. The minimum Gasteiger partial charge on any atom is -0.496 e. The van der Waals surface area contributed by atoms with Gasteiger partial charge in [0.2, 0.25) is 0 Å². The molecule has 0 saturated carbocycles. The van der Waals surface area contributed by atoms with Crippen molar-refractivity contribution in [3.63, 3.8) is 0 Å². The van der Waals surface area contributed by atoms with E-state index in [2.05, 4.69) is 20.8 Å². The van der Waals surface area contributed by atoms with Crippen LogP contribution >= 0.6 is 0 Å². The molecule has 0 bridgehead atoms. The summed E-state index contributed by atoms with van der Waals surface area (Å²) in [6, 6.07) is 17.4. The molecule has 1 aromatic heterocycles. The average Bonchev–Trinajstić information content (AvgIpc) is 2.76. The number of anilines is 1. The van der Waals surface area contributed by atoms with Crippen molar-refractivity contribution >= 4 is 11.7 Å². The zero-order valence-electron chi connectivity index (χ0n) is 16.2. The molecule has 3 rings (SSSR count). The molecule has 0 aliphatic heterocycles. The topological polar surface area (TPSA) is 76.1 Å². The molecule has 1 heterocycles. The van der Waals surface area contributed by atoms with Crippen molar-refractivity contribution in [1.29, 1.82) is 0 Å². The molecular weight excluding hydrogens is 371 g/mol. The normalized spacial score (nSPS) is 10.4. The van der Waals surface area contributed by atoms with Gasteiger partial charge in [-0.2, -0.15) is 0 Å². The Balaban J connectivity index is 1.44. The minimum absolute atomic E-state index is 0.246. The number of carbonyl (C=O) groups is 1. The van der Waals surface area contributed by atoms with Gasteiger partial charge in [-0.25, -0.2) is 4.39 Å². The van der Waals surface area contributed by atoms with Crippen molar-refractivity contribution in [2.24, 2.45) is 0 Å². The van der Waals surface area contributed by atoms with Crippen LogP contribution in [0, 0.1) is 5.82 Å². The van der Waals surface area contributed by atoms with Crippen LogP contribution in [0.1, 0.15) is 21.6 Å². The Hall–Kier alpha value is -3.48. The standard InChI is InChI=1S/C22H23FN4O2/c1-29-20-5-3-2-4-17(20)13-15-25-22(28)19-10-11-21(27-26-19)24-14-12-16-6-8-18(23)9-7-16/h2-11H,12-15H2,1H3,(H,24,27)(H,25,28). The van der Waals surface area contributed by atoms with E-state index in [9.17, 15) is 9.18 Å². The van der Waals surface area contributed by atoms with E-state index in [0.29, 0.717) is 25.3 Å². The van der Waals surface area contributed by atoms with Gasteiger partial charge in [-0.15, -0.1) is 10.2 Å². The maximum atomic E-state index is 12.9. The van der Waals surface area contributed by atoms with Crippen LogP contribution in [0.2, 0.25) is 0 Å². The molecule has 3 aromatic rings. The molecule has 7 heteroatoms. The van der Waals surface area contributed by atoms with Gasteiger partial charge < -0.3 is 15.4 Å². The number of halogens is 1. The maximum Gasteiger partial charge on any atom is 0.271 e. The fourth-order valence-electron chi connectivity index (χ4n) is 2.84. The van der Waals surface area contributed by atoms with E-state index in [1.807, 2.05) is 24.3 Å². The van der Waals surface area contributed by atoms with Gasteiger partial charge in [-0.3, -0.25) is 4.79 Å². The number of nitrogens with one attached hydrogen (secondary N) is 2. The molecule has 0 saturated heterocycles. The molecule has 29 heavy (non-hydrogen) atoms. The first-order valence-electron chi connectivity index (χ1n) is 9.38. The zero-order valence-corrected chi connectivity index (χ0v) is 16.2. The van der Waals surface area contributed by atoms with Crippen LogP contribution < -0.4 is 15.4 Å². The predicted octanol–water partition coefficient (Wildman–Crippen LogP) is 3.25. The first kappa shape index (κ1) is 20.3. The smallest absolute Gasteiger partial charge is 0.271 e. The lowest BCUT2D eigenvalue weighted by molar-refractivity contribution is 0.0948. The lowest BCUT2D eigenvalue weighted by Gasteiger charge is -2.09. The van der Waals surface area contributed by atoms with E-state index in [1.165, 1.54) is 12.1 Å². The monoisotopic (exact) mass is 394 g/mol. The fourth-order valence-corrected chi connectivity index (χ4v) is 2.84. The first-order chi connectivity index (χ1) is 14.2. The van der Waals surface area contributed by atoms with Crippen molar-refractivity contribution < 1.29 is 13.9 Å². The Morgan fingerprint density at radius 1 is 0.966 bits per heavy atom. The minimum atomic E-state index is -0.273. The van der Waals surface area contributed by atoms with Gasteiger partial charge in [-0.1, -0.05) is 30.3 Å². The second-order valence-electron chi connectivity index (χ2n) is 6.42. The Labute approximate surface area is 169 Å². The van der Waals surface area contributed by atoms with Crippen molar-refractivity contribution in [2.45, 2.75) is 12.8 Å². The molecule has 1 amide bonds. The van der Waals surface area contributed by atoms with E-state index >= 15 is 0 Å². The summed E-state index contributed by atoms with van der Waals surface area (Å²) in [6.07, 6.45) is 1.39. The summed E-state index contributed by atoms with van der Waals surface area (Å²) in [7, 11) is 1.63. The summed E-state index contributed by atoms with van der Waals surface area (Å²) >= 11 is 0. The van der Waals surface area contributed by atoms with Gasteiger partial charge in [0, 0.05) is 13.1 Å². The van der Waals surface area contributed by atoms with Crippen molar-refractivity contribution in [3.8, 4) is 5.75 Å². The number of amides is 1. The number of hydrogen-bond donors (Lipinski definition) is 2. The van der Waals surface area contributed by atoms with Gasteiger partial charge in [0.1, 0.15) is 17.4 Å². The van der Waals surface area contributed by atoms with Gasteiger partial charge in [0.25, 0.3) is 5.91 Å². The number of para-hydroxylation sites is 1. The van der Waals surface area contributed by atoms with Crippen LogP contribution in [0.15, 0.2) is 60.7 Å². The molecule has 0 aliphatic carbocycles. The Bertz CT molecular complexity index is 930. The number of rotatable bonds is 9. The highest BCUT2D eigenvalue weighted by molar-refractivity contribution is 5.92. The SMILES string of the molecule is COc1ccccc1CCNC(=O)c1ccc(NCCc2ccc(F)cc2)nn1. The molecule has 2 aromatic carbocycles. The van der Waals surface area contributed by atoms with Gasteiger partial charge in [-0.05, 0) is 54.3 Å². The van der Waals surface area contributed by atoms with E-state index in [4.69, 9.17) is 4.74 Å². The molecule has 0 unspecified atom stereocenters. The number of aromatic nitrogens is 2. The van der Waals surface area contributed by atoms with Gasteiger partial charge in [0.15, 0.2) is 5.69 Å². The predicted molar refractivity (Wildman–Crippen MR) is 110 cm³/mol. The van der Waals surface area contributed by atoms with E-state index in [1.54, 1.807) is 31.4 Å². The van der Waals surface area contributed by atoms with E-state index in [0.717, 1.165) is 23.3 Å². The van der Waals surface area contributed by atoms with Gasteiger partial charge in [0.05, 0.1) is 7.11 Å². The Morgan fingerprint density at radius 2 is 1.76 bits per heavy atom. The lowest BCUT2D eigenvalue weighted by Crippen LogP contribution is -2.27. The van der Waals surface area contributed by atoms with Crippen LogP contribution in [-0.2, 0) is 12.8 Å². The Morgan fingerprint density at radius 3 is 2.48 bits per heavy atom. The number of nitrogens with zero attached hydrogens (tertiary/aromatic N) is 2. The number of ether oxygens (including phenoxy) is 1. The second kappa shape index (κ2) is 10.2. The molecule has 0 aliphatic rings. The quantitative estimate of drug-likeness (QED) is 0.583. The third kappa shape index (κ3) is 6.00. The van der Waals surface area contributed by atoms with Crippen LogP contribution in [0.25, 0.3) is 0 Å². The van der Waals surface area contributed by atoms with Gasteiger partial charge >= 0.3 is 0 Å². The molecule has 6 nitrogen and oxygen atoms in total. The molecule has 0 spiro atoms. The summed E-state index contributed by atoms with van der Waals surface area (Å²) in [4.78, 5) is 12.2.